The number of unbranched alkanes of at least 4 members (excludes halogenated alkanes) is 1. The zero-order valence-corrected chi connectivity index (χ0v) is 9.05. The lowest BCUT2D eigenvalue weighted by Gasteiger charge is -1.98. The van der Waals surface area contributed by atoms with Gasteiger partial charge in [-0.3, -0.25) is 0 Å². The maximum atomic E-state index is 8.68. The Bertz CT molecular complexity index is 137. The normalized spacial score (nSPS) is 10.7. The molecule has 1 atom stereocenters. The maximum Gasteiger partial charge on any atom is 0.0919 e. The fourth-order valence-corrected chi connectivity index (χ4v) is 0.715. The highest BCUT2D eigenvalue weighted by Gasteiger charge is 1.90. The number of hydrogen-bond donors (Lipinski definition) is 2. The molecule has 1 heterocycles. The summed E-state index contributed by atoms with van der Waals surface area (Å²) in [6, 6.07) is 0. The molecule has 13 heavy (non-hydrogen) atoms. The SMILES string of the molecule is CCCCC(C)O.Cl.c1c[nH]cn1. The highest BCUT2D eigenvalue weighted by atomic mass is 35.5. The molecule has 0 amide bonds. The van der Waals surface area contributed by atoms with Gasteiger partial charge in [-0.1, -0.05) is 19.8 Å². The van der Waals surface area contributed by atoms with E-state index in [-0.39, 0.29) is 18.5 Å². The first-order valence-electron chi connectivity index (χ1n) is 4.38. The van der Waals surface area contributed by atoms with Crippen LogP contribution < -0.4 is 0 Å². The smallest absolute Gasteiger partial charge is 0.0919 e. The minimum absolute atomic E-state index is 0. The third-order valence-corrected chi connectivity index (χ3v) is 1.38. The number of imidazole rings is 1. The van der Waals surface area contributed by atoms with Crippen molar-refractivity contribution in [1.82, 2.24) is 9.97 Å². The molecule has 0 aromatic carbocycles. The van der Waals surface area contributed by atoms with Gasteiger partial charge in [-0.05, 0) is 13.3 Å². The highest BCUT2D eigenvalue weighted by molar-refractivity contribution is 5.85. The number of aromatic nitrogens is 2. The van der Waals surface area contributed by atoms with E-state index in [1.165, 1.54) is 6.42 Å². The molecule has 0 aliphatic carbocycles. The van der Waals surface area contributed by atoms with Crippen LogP contribution in [-0.4, -0.2) is 21.2 Å². The summed E-state index contributed by atoms with van der Waals surface area (Å²) in [4.78, 5) is 6.42. The van der Waals surface area contributed by atoms with Crippen molar-refractivity contribution in [3.8, 4) is 0 Å². The highest BCUT2D eigenvalue weighted by Crippen LogP contribution is 1.97. The molecular formula is C9H19ClN2O. The lowest BCUT2D eigenvalue weighted by atomic mass is 10.2. The largest absolute Gasteiger partial charge is 0.393 e. The zero-order valence-electron chi connectivity index (χ0n) is 8.23. The molecule has 0 radical (unpaired) electrons. The summed E-state index contributed by atoms with van der Waals surface area (Å²) in [5, 5.41) is 8.68. The van der Waals surface area contributed by atoms with Gasteiger partial charge in [0.25, 0.3) is 0 Å². The number of aliphatic hydroxyl groups excluding tert-OH is 1. The first-order valence-corrected chi connectivity index (χ1v) is 4.38. The van der Waals surface area contributed by atoms with Gasteiger partial charge in [-0.15, -0.1) is 12.4 Å². The monoisotopic (exact) mass is 206 g/mol. The van der Waals surface area contributed by atoms with Crippen molar-refractivity contribution in [3.05, 3.63) is 18.7 Å². The number of H-pyrrole nitrogens is 1. The Kier molecular flexibility index (Phi) is 13.2. The Balaban J connectivity index is 0. The van der Waals surface area contributed by atoms with E-state index in [2.05, 4.69) is 16.9 Å². The Morgan fingerprint density at radius 1 is 1.54 bits per heavy atom. The van der Waals surface area contributed by atoms with Crippen molar-refractivity contribution >= 4 is 12.4 Å². The van der Waals surface area contributed by atoms with Crippen molar-refractivity contribution in [2.45, 2.75) is 39.2 Å². The summed E-state index contributed by atoms with van der Waals surface area (Å²) in [5.74, 6) is 0. The quantitative estimate of drug-likeness (QED) is 0.798. The molecule has 4 heteroatoms. The topological polar surface area (TPSA) is 48.9 Å². The molecule has 0 saturated carbocycles. The van der Waals surface area contributed by atoms with Crippen LogP contribution in [0.3, 0.4) is 0 Å². The number of rotatable bonds is 3. The number of nitrogens with zero attached hydrogens (tertiary/aromatic N) is 1. The molecule has 1 aromatic heterocycles. The standard InChI is InChI=1S/C6H14O.C3H4N2.ClH/c1-3-4-5-6(2)7;1-2-5-3-4-1;/h6-7H,3-5H2,1-2H3;1-3H,(H,4,5);1H. The lowest BCUT2D eigenvalue weighted by Crippen LogP contribution is -1.97. The van der Waals surface area contributed by atoms with Crippen LogP contribution in [0.1, 0.15) is 33.1 Å². The minimum atomic E-state index is -0.0973. The third kappa shape index (κ3) is 14.3. The van der Waals surface area contributed by atoms with Crippen LogP contribution in [0.25, 0.3) is 0 Å². The Morgan fingerprint density at radius 3 is 2.38 bits per heavy atom. The first-order chi connectivity index (χ1) is 5.77. The Labute approximate surface area is 86.0 Å². The molecule has 0 bridgehead atoms. The summed E-state index contributed by atoms with van der Waals surface area (Å²) in [6.07, 6.45) is 8.28. The second kappa shape index (κ2) is 11.5. The van der Waals surface area contributed by atoms with Crippen molar-refractivity contribution < 1.29 is 5.11 Å². The van der Waals surface area contributed by atoms with Gasteiger partial charge in [-0.25, -0.2) is 4.98 Å². The van der Waals surface area contributed by atoms with E-state index in [0.717, 1.165) is 12.8 Å². The fraction of sp³-hybridized carbons (Fsp3) is 0.667. The number of hydrogen-bond acceptors (Lipinski definition) is 2. The minimum Gasteiger partial charge on any atom is -0.393 e. The molecule has 0 aliphatic rings. The van der Waals surface area contributed by atoms with Crippen molar-refractivity contribution in [2.24, 2.45) is 0 Å². The van der Waals surface area contributed by atoms with Gasteiger partial charge in [0.05, 0.1) is 12.4 Å². The second-order valence-corrected chi connectivity index (χ2v) is 2.75. The molecule has 1 unspecified atom stereocenters. The maximum absolute atomic E-state index is 8.68. The van der Waals surface area contributed by atoms with Gasteiger partial charge >= 0.3 is 0 Å². The van der Waals surface area contributed by atoms with Crippen molar-refractivity contribution in [1.29, 1.82) is 0 Å². The van der Waals surface area contributed by atoms with E-state index in [9.17, 15) is 0 Å². The van der Waals surface area contributed by atoms with Gasteiger partial charge in [0, 0.05) is 12.4 Å². The van der Waals surface area contributed by atoms with Crippen LogP contribution >= 0.6 is 12.4 Å². The van der Waals surface area contributed by atoms with E-state index in [4.69, 9.17) is 5.11 Å². The van der Waals surface area contributed by atoms with Crippen LogP contribution in [-0.2, 0) is 0 Å². The van der Waals surface area contributed by atoms with Gasteiger partial charge < -0.3 is 10.1 Å². The molecular weight excluding hydrogens is 188 g/mol. The van der Waals surface area contributed by atoms with Gasteiger partial charge in [0.2, 0.25) is 0 Å². The lowest BCUT2D eigenvalue weighted by molar-refractivity contribution is 0.181. The average Bonchev–Trinajstić information content (AvgIpc) is 2.57. The van der Waals surface area contributed by atoms with Crippen molar-refractivity contribution in [3.63, 3.8) is 0 Å². The molecule has 0 saturated heterocycles. The second-order valence-electron chi connectivity index (χ2n) is 2.75. The van der Waals surface area contributed by atoms with E-state index in [1.807, 2.05) is 6.92 Å². The van der Waals surface area contributed by atoms with E-state index in [1.54, 1.807) is 18.7 Å². The average molecular weight is 207 g/mol. The molecule has 3 nitrogen and oxygen atoms in total. The van der Waals surface area contributed by atoms with Crippen LogP contribution in [0.2, 0.25) is 0 Å². The number of aliphatic hydroxyl groups is 1. The van der Waals surface area contributed by atoms with Gasteiger partial charge in [0.15, 0.2) is 0 Å². The number of halogens is 1. The molecule has 78 valence electrons. The molecule has 1 aromatic rings. The molecule has 0 aliphatic heterocycles. The number of aromatic amines is 1. The summed E-state index contributed by atoms with van der Waals surface area (Å²) in [6.45, 7) is 3.96. The predicted octanol–water partition coefficient (Wildman–Crippen LogP) is 2.39. The number of nitrogens with one attached hydrogen (secondary N) is 1. The molecule has 1 rings (SSSR count). The van der Waals surface area contributed by atoms with Crippen LogP contribution in [0.4, 0.5) is 0 Å². The van der Waals surface area contributed by atoms with Gasteiger partial charge in [0.1, 0.15) is 0 Å². The van der Waals surface area contributed by atoms with E-state index < -0.39 is 0 Å². The molecule has 0 fully saturated rings. The molecule has 2 N–H and O–H groups in total. The Morgan fingerprint density at radius 2 is 2.23 bits per heavy atom. The Hall–Kier alpha value is -0.540. The van der Waals surface area contributed by atoms with Crippen LogP contribution in [0.15, 0.2) is 18.7 Å². The fourth-order valence-electron chi connectivity index (χ4n) is 0.715. The van der Waals surface area contributed by atoms with Gasteiger partial charge in [-0.2, -0.15) is 0 Å². The summed E-state index contributed by atoms with van der Waals surface area (Å²) in [5.41, 5.74) is 0. The molecule has 0 spiro atoms. The summed E-state index contributed by atoms with van der Waals surface area (Å²) >= 11 is 0. The van der Waals surface area contributed by atoms with Crippen molar-refractivity contribution in [2.75, 3.05) is 0 Å². The zero-order chi connectivity index (χ0) is 9.23. The van der Waals surface area contributed by atoms with E-state index >= 15 is 0 Å². The summed E-state index contributed by atoms with van der Waals surface area (Å²) < 4.78 is 0. The van der Waals surface area contributed by atoms with Crippen LogP contribution in [0.5, 0.6) is 0 Å². The third-order valence-electron chi connectivity index (χ3n) is 1.38. The van der Waals surface area contributed by atoms with Crippen LogP contribution in [0, 0.1) is 0 Å². The predicted molar refractivity (Wildman–Crippen MR) is 57.0 cm³/mol. The van der Waals surface area contributed by atoms with E-state index in [0.29, 0.717) is 0 Å². The first kappa shape index (κ1) is 15.0. The summed E-state index contributed by atoms with van der Waals surface area (Å²) in [7, 11) is 0.